The fraction of sp³-hybridized carbons (Fsp3) is 0.500. The molecular weight excluding hydrogens is 372 g/mol. The predicted octanol–water partition coefficient (Wildman–Crippen LogP) is 3.87. The van der Waals surface area contributed by atoms with E-state index in [2.05, 4.69) is 22.1 Å². The number of carbonyl (C=O) groups excluding carboxylic acids is 1. The first kappa shape index (κ1) is 19.0. The van der Waals surface area contributed by atoms with Gasteiger partial charge in [-0.05, 0) is 43.4 Å². The molecule has 1 fully saturated rings. The maximum absolute atomic E-state index is 12.5. The van der Waals surface area contributed by atoms with Gasteiger partial charge in [-0.3, -0.25) is 9.89 Å². The minimum Gasteiger partial charge on any atom is -0.496 e. The number of aromatic nitrogens is 3. The van der Waals surface area contributed by atoms with Crippen LogP contribution in [0.5, 0.6) is 5.75 Å². The van der Waals surface area contributed by atoms with Crippen molar-refractivity contribution >= 4 is 29.3 Å². The summed E-state index contributed by atoms with van der Waals surface area (Å²) in [5.41, 5.74) is 0.743. The molecule has 1 N–H and O–H groups in total. The third-order valence-corrected chi connectivity index (χ3v) is 5.30. The largest absolute Gasteiger partial charge is 0.496 e. The van der Waals surface area contributed by atoms with E-state index in [4.69, 9.17) is 16.3 Å². The zero-order valence-corrected chi connectivity index (χ0v) is 16.6. The molecule has 0 radical (unpaired) electrons. The van der Waals surface area contributed by atoms with Gasteiger partial charge in [0.2, 0.25) is 11.1 Å². The van der Waals surface area contributed by atoms with Crippen LogP contribution in [0.15, 0.2) is 23.4 Å². The van der Waals surface area contributed by atoms with E-state index in [1.807, 2.05) is 4.90 Å². The molecule has 1 heterocycles. The Morgan fingerprint density at radius 3 is 2.96 bits per heavy atom. The highest BCUT2D eigenvalue weighted by molar-refractivity contribution is 7.99. The Kier molecular flexibility index (Phi) is 6.43. The van der Waals surface area contributed by atoms with Crippen molar-refractivity contribution in [2.45, 2.75) is 31.3 Å². The number of hydrogen-bond donors (Lipinski definition) is 1. The zero-order chi connectivity index (χ0) is 18.5. The topological polar surface area (TPSA) is 71.1 Å². The van der Waals surface area contributed by atoms with Crippen LogP contribution in [0.4, 0.5) is 0 Å². The fourth-order valence-electron chi connectivity index (χ4n) is 2.71. The number of benzene rings is 1. The van der Waals surface area contributed by atoms with Crippen molar-refractivity contribution in [1.29, 1.82) is 0 Å². The maximum Gasteiger partial charge on any atom is 0.233 e. The summed E-state index contributed by atoms with van der Waals surface area (Å²) in [6.07, 6.45) is 3.46. The number of halogens is 1. The lowest BCUT2D eigenvalue weighted by atomic mass is 10.2. The molecule has 1 saturated carbocycles. The van der Waals surface area contributed by atoms with E-state index >= 15 is 0 Å². The minimum absolute atomic E-state index is 0.149. The van der Waals surface area contributed by atoms with Crippen LogP contribution in [0, 0.1) is 5.92 Å². The number of rotatable bonds is 9. The van der Waals surface area contributed by atoms with Crippen molar-refractivity contribution in [2.24, 2.45) is 5.92 Å². The van der Waals surface area contributed by atoms with Crippen LogP contribution in [-0.4, -0.2) is 51.9 Å². The summed E-state index contributed by atoms with van der Waals surface area (Å²) in [7, 11) is 1.60. The van der Waals surface area contributed by atoms with Crippen LogP contribution in [0.25, 0.3) is 11.4 Å². The summed E-state index contributed by atoms with van der Waals surface area (Å²) >= 11 is 7.42. The number of nitrogens with one attached hydrogen (secondary N) is 1. The van der Waals surface area contributed by atoms with Gasteiger partial charge in [0.1, 0.15) is 5.75 Å². The molecule has 26 heavy (non-hydrogen) atoms. The maximum atomic E-state index is 12.5. The molecule has 1 aliphatic rings. The van der Waals surface area contributed by atoms with E-state index in [0.717, 1.165) is 25.1 Å². The molecule has 1 aromatic heterocycles. The molecule has 1 aromatic carbocycles. The Labute approximate surface area is 162 Å². The Balaban J connectivity index is 1.63. The first-order chi connectivity index (χ1) is 12.6. The molecule has 0 spiro atoms. The molecule has 2 aromatic rings. The number of hydrogen-bond acceptors (Lipinski definition) is 5. The van der Waals surface area contributed by atoms with Crippen molar-refractivity contribution in [3.63, 3.8) is 0 Å². The van der Waals surface area contributed by atoms with Gasteiger partial charge in [-0.15, -0.1) is 5.10 Å². The summed E-state index contributed by atoms with van der Waals surface area (Å²) < 4.78 is 5.35. The molecule has 3 rings (SSSR count). The number of carbonyl (C=O) groups is 1. The summed E-state index contributed by atoms with van der Waals surface area (Å²) in [5, 5.41) is 8.24. The van der Waals surface area contributed by atoms with Crippen molar-refractivity contribution < 1.29 is 9.53 Å². The number of methoxy groups -OCH3 is 1. The van der Waals surface area contributed by atoms with Crippen LogP contribution in [0.1, 0.15) is 26.2 Å². The Bertz CT molecular complexity index is 763. The summed E-state index contributed by atoms with van der Waals surface area (Å²) in [6, 6.07) is 5.33. The van der Waals surface area contributed by atoms with E-state index < -0.39 is 0 Å². The normalized spacial score (nSPS) is 13.7. The highest BCUT2D eigenvalue weighted by Gasteiger charge is 2.26. The standard InChI is InChI=1S/C18H23ClN4O2S/c1-3-8-23(10-12-4-5-12)16(24)11-26-18-20-17(21-22-18)14-9-13(19)6-7-15(14)25-2/h6-7,9,12H,3-5,8,10-11H2,1-2H3,(H,20,21,22). The molecular formula is C18H23ClN4O2S. The summed E-state index contributed by atoms with van der Waals surface area (Å²) in [4.78, 5) is 18.9. The molecule has 8 heteroatoms. The zero-order valence-electron chi connectivity index (χ0n) is 15.0. The lowest BCUT2D eigenvalue weighted by molar-refractivity contribution is -0.128. The Morgan fingerprint density at radius 2 is 2.27 bits per heavy atom. The van der Waals surface area contributed by atoms with Gasteiger partial charge in [0.05, 0.1) is 18.4 Å². The van der Waals surface area contributed by atoms with Crippen molar-refractivity contribution in [2.75, 3.05) is 26.0 Å². The second-order valence-electron chi connectivity index (χ2n) is 6.38. The van der Waals surface area contributed by atoms with Crippen LogP contribution < -0.4 is 4.74 Å². The summed E-state index contributed by atoms with van der Waals surface area (Å²) in [6.45, 7) is 3.79. The molecule has 0 aliphatic heterocycles. The monoisotopic (exact) mass is 394 g/mol. The second-order valence-corrected chi connectivity index (χ2v) is 7.76. The Hall–Kier alpha value is -1.73. The van der Waals surface area contributed by atoms with Gasteiger partial charge in [0.15, 0.2) is 5.82 Å². The van der Waals surface area contributed by atoms with Crippen LogP contribution >= 0.6 is 23.4 Å². The van der Waals surface area contributed by atoms with Gasteiger partial charge < -0.3 is 9.64 Å². The van der Waals surface area contributed by atoms with E-state index in [1.165, 1.54) is 24.6 Å². The predicted molar refractivity (Wildman–Crippen MR) is 104 cm³/mol. The molecule has 1 aliphatic carbocycles. The average molecular weight is 395 g/mol. The fourth-order valence-corrected chi connectivity index (χ4v) is 3.59. The third kappa shape index (κ3) is 4.92. The average Bonchev–Trinajstić information content (AvgIpc) is 3.33. The number of nitrogens with zero attached hydrogens (tertiary/aromatic N) is 3. The number of ether oxygens (including phenoxy) is 1. The number of thioether (sulfide) groups is 1. The molecule has 1 amide bonds. The lowest BCUT2D eigenvalue weighted by Crippen LogP contribution is -2.34. The van der Waals surface area contributed by atoms with Gasteiger partial charge in [0.25, 0.3) is 0 Å². The van der Waals surface area contributed by atoms with Crippen molar-refractivity contribution in [3.8, 4) is 17.1 Å². The first-order valence-corrected chi connectivity index (χ1v) is 10.1. The molecule has 0 atom stereocenters. The van der Waals surface area contributed by atoms with Crippen LogP contribution in [0.2, 0.25) is 5.02 Å². The molecule has 0 saturated heterocycles. The number of aromatic amines is 1. The second kappa shape index (κ2) is 8.77. The van der Waals surface area contributed by atoms with Gasteiger partial charge >= 0.3 is 0 Å². The highest BCUT2D eigenvalue weighted by Crippen LogP contribution is 2.32. The molecule has 0 bridgehead atoms. The smallest absolute Gasteiger partial charge is 0.233 e. The van der Waals surface area contributed by atoms with E-state index in [-0.39, 0.29) is 5.91 Å². The van der Waals surface area contributed by atoms with Gasteiger partial charge in [-0.2, -0.15) is 0 Å². The molecule has 6 nitrogen and oxygen atoms in total. The van der Waals surface area contributed by atoms with Gasteiger partial charge in [-0.25, -0.2) is 4.98 Å². The molecule has 0 unspecified atom stereocenters. The van der Waals surface area contributed by atoms with E-state index in [0.29, 0.717) is 33.4 Å². The van der Waals surface area contributed by atoms with Gasteiger partial charge in [-0.1, -0.05) is 30.3 Å². The van der Waals surface area contributed by atoms with Crippen LogP contribution in [0.3, 0.4) is 0 Å². The van der Waals surface area contributed by atoms with E-state index in [9.17, 15) is 4.79 Å². The lowest BCUT2D eigenvalue weighted by Gasteiger charge is -2.21. The SMILES string of the molecule is CCCN(CC1CC1)C(=O)CSc1n[nH]c(-c2cc(Cl)ccc2OC)n1. The number of H-pyrrole nitrogens is 1. The van der Waals surface area contributed by atoms with Gasteiger partial charge in [0, 0.05) is 18.1 Å². The quantitative estimate of drug-likeness (QED) is 0.653. The first-order valence-electron chi connectivity index (χ1n) is 8.77. The highest BCUT2D eigenvalue weighted by atomic mass is 35.5. The van der Waals surface area contributed by atoms with Crippen molar-refractivity contribution in [1.82, 2.24) is 20.1 Å². The van der Waals surface area contributed by atoms with Crippen LogP contribution in [-0.2, 0) is 4.79 Å². The van der Waals surface area contributed by atoms with Crippen molar-refractivity contribution in [3.05, 3.63) is 23.2 Å². The summed E-state index contributed by atoms with van der Waals surface area (Å²) in [5.74, 6) is 2.42. The third-order valence-electron chi connectivity index (χ3n) is 4.23. The molecule has 140 valence electrons. The van der Waals surface area contributed by atoms with E-state index in [1.54, 1.807) is 25.3 Å². The Morgan fingerprint density at radius 1 is 1.46 bits per heavy atom. The number of amides is 1. The minimum atomic E-state index is 0.149.